The number of aliphatic hydroxyl groups excluding tert-OH is 2. The van der Waals surface area contributed by atoms with E-state index >= 15 is 0 Å². The first kappa shape index (κ1) is 79.3. The molecule has 0 heterocycles. The van der Waals surface area contributed by atoms with Crippen LogP contribution in [0.4, 0.5) is 0 Å². The second-order valence-electron chi connectivity index (χ2n) is 25.6. The Morgan fingerprint density at radius 1 is 0.346 bits per heavy atom. The first-order valence-electron chi connectivity index (χ1n) is 37.1. The fraction of sp³-hybridized carbons (Fsp3) is 0.920. The quantitative estimate of drug-likeness (QED) is 0.0320. The third kappa shape index (κ3) is 67.3. The Balaban J connectivity index is 3.34. The van der Waals surface area contributed by atoms with E-state index < -0.39 is 12.1 Å². The van der Waals surface area contributed by atoms with Crippen molar-refractivity contribution in [3.05, 3.63) is 24.3 Å². The molecule has 6 nitrogen and oxygen atoms in total. The number of ether oxygens (including phenoxy) is 1. The van der Waals surface area contributed by atoms with Gasteiger partial charge >= 0.3 is 5.97 Å². The molecule has 0 spiro atoms. The lowest BCUT2D eigenvalue weighted by atomic mass is 10.0. The largest absolute Gasteiger partial charge is 0.466 e. The molecule has 0 saturated carbocycles. The van der Waals surface area contributed by atoms with Gasteiger partial charge in [-0.2, -0.15) is 0 Å². The van der Waals surface area contributed by atoms with Gasteiger partial charge in [-0.15, -0.1) is 0 Å². The minimum atomic E-state index is -0.661. The zero-order valence-electron chi connectivity index (χ0n) is 55.0. The summed E-state index contributed by atoms with van der Waals surface area (Å²) in [5, 5.41) is 23.3. The van der Waals surface area contributed by atoms with Crippen molar-refractivity contribution in [3.63, 3.8) is 0 Å². The molecule has 0 aliphatic heterocycles. The number of amides is 1. The van der Waals surface area contributed by atoms with E-state index in [1.807, 2.05) is 0 Å². The third-order valence-corrected chi connectivity index (χ3v) is 17.5. The summed E-state index contributed by atoms with van der Waals surface area (Å²) in [4.78, 5) is 24.6. The molecule has 0 fully saturated rings. The normalized spacial score (nSPS) is 12.6. The van der Waals surface area contributed by atoms with E-state index in [2.05, 4.69) is 43.5 Å². The summed E-state index contributed by atoms with van der Waals surface area (Å²) < 4.78 is 5.49. The Bertz CT molecular complexity index is 1270. The maximum absolute atomic E-state index is 12.5. The van der Waals surface area contributed by atoms with Crippen LogP contribution in [-0.2, 0) is 14.3 Å². The SMILES string of the molecule is CCCCCCCCCCCCCCCCC(O)C(CO)NC(=O)CCCCCCCCCCCCCCCCCCC/C=C\C/C=C\CCCCCCCCCCCCCCCOC(=O)CCCCCCCCCCCCCCC. The molecule has 6 heteroatoms. The van der Waals surface area contributed by atoms with E-state index in [0.717, 1.165) is 44.9 Å². The standard InChI is InChI=1S/C75H145NO5/c1-3-5-7-9-11-13-15-17-44-47-51-55-59-63-67-73(78)72(71-77)76-74(79)68-64-60-56-52-48-45-41-39-37-35-33-31-29-27-25-23-21-19-18-20-22-24-26-28-30-32-34-36-38-40-42-46-50-54-58-62-66-70-81-75(80)69-65-61-57-53-49-43-16-14-12-10-8-6-4-2/h18,20,24,26,72-73,77-78H,3-17,19,21-23,25,27-71H2,1-2H3,(H,76,79)/b20-18-,26-24-. The second kappa shape index (κ2) is 70.8. The molecule has 0 aliphatic carbocycles. The smallest absolute Gasteiger partial charge is 0.305 e. The molecule has 0 aromatic heterocycles. The van der Waals surface area contributed by atoms with Crippen molar-refractivity contribution in [3.8, 4) is 0 Å². The Morgan fingerprint density at radius 2 is 0.617 bits per heavy atom. The molecular formula is C75H145NO5. The highest BCUT2D eigenvalue weighted by molar-refractivity contribution is 5.76. The monoisotopic (exact) mass is 1140 g/mol. The first-order chi connectivity index (χ1) is 40.0. The van der Waals surface area contributed by atoms with Gasteiger partial charge in [0.25, 0.3) is 0 Å². The summed E-state index contributed by atoms with van der Waals surface area (Å²) in [7, 11) is 0. The Morgan fingerprint density at radius 3 is 0.938 bits per heavy atom. The molecule has 0 aromatic carbocycles. The second-order valence-corrected chi connectivity index (χ2v) is 25.6. The number of carbonyl (C=O) groups is 2. The lowest BCUT2D eigenvalue weighted by Gasteiger charge is -2.22. The average molecular weight is 1140 g/mol. The van der Waals surface area contributed by atoms with Crippen molar-refractivity contribution < 1.29 is 24.5 Å². The molecule has 2 atom stereocenters. The van der Waals surface area contributed by atoms with Gasteiger partial charge in [0.1, 0.15) is 0 Å². The highest BCUT2D eigenvalue weighted by Crippen LogP contribution is 2.19. The van der Waals surface area contributed by atoms with Crippen molar-refractivity contribution in [1.82, 2.24) is 5.32 Å². The summed E-state index contributed by atoms with van der Waals surface area (Å²) in [5.41, 5.74) is 0. The lowest BCUT2D eigenvalue weighted by molar-refractivity contribution is -0.143. The van der Waals surface area contributed by atoms with Gasteiger partial charge in [-0.05, 0) is 57.8 Å². The summed E-state index contributed by atoms with van der Waals surface area (Å²) >= 11 is 0. The van der Waals surface area contributed by atoms with Crippen LogP contribution in [0.25, 0.3) is 0 Å². The first-order valence-corrected chi connectivity index (χ1v) is 37.1. The fourth-order valence-electron chi connectivity index (χ4n) is 11.9. The van der Waals surface area contributed by atoms with Crippen LogP contribution in [0.15, 0.2) is 24.3 Å². The van der Waals surface area contributed by atoms with Crippen LogP contribution in [0, 0.1) is 0 Å². The third-order valence-electron chi connectivity index (χ3n) is 17.5. The van der Waals surface area contributed by atoms with Crippen LogP contribution in [-0.4, -0.2) is 47.4 Å². The zero-order valence-corrected chi connectivity index (χ0v) is 55.0. The molecule has 1 amide bonds. The van der Waals surface area contributed by atoms with Crippen LogP contribution >= 0.6 is 0 Å². The number of allylic oxidation sites excluding steroid dienone is 4. The maximum atomic E-state index is 12.5. The number of hydrogen-bond acceptors (Lipinski definition) is 5. The van der Waals surface area contributed by atoms with Crippen LogP contribution < -0.4 is 5.32 Å². The van der Waals surface area contributed by atoms with Gasteiger partial charge < -0.3 is 20.3 Å². The van der Waals surface area contributed by atoms with E-state index in [0.29, 0.717) is 25.9 Å². The molecule has 3 N–H and O–H groups in total. The molecule has 0 radical (unpaired) electrons. The van der Waals surface area contributed by atoms with Gasteiger partial charge in [-0.3, -0.25) is 9.59 Å². The van der Waals surface area contributed by atoms with Crippen molar-refractivity contribution >= 4 is 11.9 Å². The van der Waals surface area contributed by atoms with Gasteiger partial charge in [0.15, 0.2) is 0 Å². The average Bonchev–Trinajstić information content (AvgIpc) is 3.47. The molecular weight excluding hydrogens is 995 g/mol. The fourth-order valence-corrected chi connectivity index (χ4v) is 11.9. The number of unbranched alkanes of at least 4 members (excludes halogenated alkanes) is 55. The highest BCUT2D eigenvalue weighted by atomic mass is 16.5. The van der Waals surface area contributed by atoms with Crippen LogP contribution in [0.2, 0.25) is 0 Å². The van der Waals surface area contributed by atoms with Gasteiger partial charge in [0.05, 0.1) is 25.4 Å². The number of hydrogen-bond donors (Lipinski definition) is 3. The van der Waals surface area contributed by atoms with Gasteiger partial charge in [-0.25, -0.2) is 0 Å². The Kier molecular flexibility index (Phi) is 69.4. The van der Waals surface area contributed by atoms with Crippen molar-refractivity contribution in [1.29, 1.82) is 0 Å². The summed E-state index contributed by atoms with van der Waals surface area (Å²) in [6.45, 7) is 4.99. The predicted molar refractivity (Wildman–Crippen MR) is 356 cm³/mol. The minimum Gasteiger partial charge on any atom is -0.466 e. The van der Waals surface area contributed by atoms with Crippen LogP contribution in [0.3, 0.4) is 0 Å². The van der Waals surface area contributed by atoms with E-state index in [-0.39, 0.29) is 18.5 Å². The molecule has 81 heavy (non-hydrogen) atoms. The maximum Gasteiger partial charge on any atom is 0.305 e. The summed E-state index contributed by atoms with van der Waals surface area (Å²) in [5.74, 6) is -0.00848. The number of aliphatic hydroxyl groups is 2. The summed E-state index contributed by atoms with van der Waals surface area (Å²) in [6, 6.07) is -0.538. The van der Waals surface area contributed by atoms with E-state index in [9.17, 15) is 19.8 Å². The lowest BCUT2D eigenvalue weighted by Crippen LogP contribution is -2.45. The Hall–Kier alpha value is -1.66. The van der Waals surface area contributed by atoms with Crippen molar-refractivity contribution in [2.24, 2.45) is 0 Å². The molecule has 0 saturated heterocycles. The number of rotatable bonds is 70. The highest BCUT2D eigenvalue weighted by Gasteiger charge is 2.20. The van der Waals surface area contributed by atoms with Gasteiger partial charge in [0.2, 0.25) is 5.91 Å². The number of carbonyl (C=O) groups excluding carboxylic acids is 2. The Labute approximate surface area is 507 Å². The summed E-state index contributed by atoms with van der Waals surface area (Å²) in [6.07, 6.45) is 89.7. The van der Waals surface area contributed by atoms with Gasteiger partial charge in [0, 0.05) is 12.8 Å². The molecule has 0 aromatic rings. The number of nitrogens with one attached hydrogen (secondary N) is 1. The molecule has 2 unspecified atom stereocenters. The molecule has 0 rings (SSSR count). The van der Waals surface area contributed by atoms with Gasteiger partial charge in [-0.1, -0.05) is 372 Å². The van der Waals surface area contributed by atoms with Crippen molar-refractivity contribution in [2.75, 3.05) is 13.2 Å². The van der Waals surface area contributed by atoms with E-state index in [1.165, 1.54) is 340 Å². The molecule has 0 aliphatic rings. The minimum absolute atomic E-state index is 0.0210. The molecule has 480 valence electrons. The number of esters is 1. The van der Waals surface area contributed by atoms with E-state index in [4.69, 9.17) is 4.74 Å². The van der Waals surface area contributed by atoms with Crippen LogP contribution in [0.1, 0.15) is 418 Å². The van der Waals surface area contributed by atoms with Crippen molar-refractivity contribution in [2.45, 2.75) is 431 Å². The predicted octanol–water partition coefficient (Wildman–Crippen LogP) is 24.1. The topological polar surface area (TPSA) is 95.9 Å². The van der Waals surface area contributed by atoms with E-state index in [1.54, 1.807) is 0 Å². The van der Waals surface area contributed by atoms with Crippen LogP contribution in [0.5, 0.6) is 0 Å². The molecule has 0 bridgehead atoms. The zero-order chi connectivity index (χ0) is 58.5.